The Hall–Kier alpha value is -1.99. The molecule has 0 spiro atoms. The Labute approximate surface area is 178 Å². The van der Waals surface area contributed by atoms with Crippen LogP contribution in [0.1, 0.15) is 23.2 Å². The molecule has 2 aromatic carbocycles. The number of hydrogen-bond donors (Lipinski definition) is 2. The zero-order chi connectivity index (χ0) is 20.3. The molecular formula is C19H15Cl3N2O3S. The lowest BCUT2D eigenvalue weighted by Crippen LogP contribution is -2.20. The maximum atomic E-state index is 12.7. The van der Waals surface area contributed by atoms with Gasteiger partial charge in [-0.05, 0) is 67.5 Å². The molecule has 3 rings (SSSR count). The van der Waals surface area contributed by atoms with Crippen LogP contribution in [-0.2, 0) is 10.0 Å². The molecule has 1 aliphatic carbocycles. The minimum atomic E-state index is -3.84. The SMILES string of the molecule is O=C(Nc1ccc(Cl)cc1)c1cc(Cl)ccc1NS(=O)(=O)C1=CC=C(Cl)CC1. The zero-order valence-corrected chi connectivity index (χ0v) is 17.5. The molecule has 0 atom stereocenters. The van der Waals surface area contributed by atoms with E-state index in [4.69, 9.17) is 34.8 Å². The molecule has 2 aromatic rings. The van der Waals surface area contributed by atoms with Gasteiger partial charge < -0.3 is 5.32 Å². The van der Waals surface area contributed by atoms with Crippen LogP contribution >= 0.6 is 34.8 Å². The van der Waals surface area contributed by atoms with Gasteiger partial charge in [0.1, 0.15) is 0 Å². The van der Waals surface area contributed by atoms with Gasteiger partial charge >= 0.3 is 0 Å². The van der Waals surface area contributed by atoms with Crippen molar-refractivity contribution < 1.29 is 13.2 Å². The van der Waals surface area contributed by atoms with Gasteiger partial charge in [0.25, 0.3) is 15.9 Å². The Morgan fingerprint density at radius 3 is 2.21 bits per heavy atom. The number of carbonyl (C=O) groups excluding carboxylic acids is 1. The van der Waals surface area contributed by atoms with Crippen LogP contribution in [0.2, 0.25) is 10.0 Å². The first-order valence-electron chi connectivity index (χ1n) is 8.19. The minimum Gasteiger partial charge on any atom is -0.322 e. The number of rotatable bonds is 5. The van der Waals surface area contributed by atoms with Gasteiger partial charge in [0.05, 0.1) is 16.2 Å². The summed E-state index contributed by atoms with van der Waals surface area (Å²) in [5.41, 5.74) is 0.728. The van der Waals surface area contributed by atoms with Gasteiger partial charge in [0.15, 0.2) is 0 Å². The fraction of sp³-hybridized carbons (Fsp3) is 0.105. The normalized spacial score (nSPS) is 14.1. The average molecular weight is 458 g/mol. The monoisotopic (exact) mass is 456 g/mol. The van der Waals surface area contributed by atoms with Gasteiger partial charge in [0.2, 0.25) is 0 Å². The Kier molecular flexibility index (Phi) is 6.35. The van der Waals surface area contributed by atoms with Crippen molar-refractivity contribution in [3.8, 4) is 0 Å². The van der Waals surface area contributed by atoms with Crippen LogP contribution in [0.4, 0.5) is 11.4 Å². The number of allylic oxidation sites excluding steroid dienone is 4. The molecule has 146 valence electrons. The third-order valence-electron chi connectivity index (χ3n) is 3.98. The van der Waals surface area contributed by atoms with E-state index >= 15 is 0 Å². The van der Waals surface area contributed by atoms with Gasteiger partial charge in [0, 0.05) is 20.8 Å². The summed E-state index contributed by atoms with van der Waals surface area (Å²) in [4.78, 5) is 12.9. The van der Waals surface area contributed by atoms with E-state index in [0.717, 1.165) is 0 Å². The van der Waals surface area contributed by atoms with Crippen LogP contribution in [0.5, 0.6) is 0 Å². The highest BCUT2D eigenvalue weighted by atomic mass is 35.5. The molecular weight excluding hydrogens is 443 g/mol. The molecule has 0 saturated heterocycles. The molecule has 0 aromatic heterocycles. The molecule has 2 N–H and O–H groups in total. The molecule has 0 bridgehead atoms. The van der Waals surface area contributed by atoms with Crippen LogP contribution in [0.15, 0.2) is 64.6 Å². The predicted octanol–water partition coefficient (Wildman–Crippen LogP) is 5.79. The molecule has 0 fully saturated rings. The van der Waals surface area contributed by atoms with Crippen LogP contribution in [0.25, 0.3) is 0 Å². The van der Waals surface area contributed by atoms with Crippen molar-refractivity contribution in [3.05, 3.63) is 80.2 Å². The lowest BCUT2D eigenvalue weighted by Gasteiger charge is -2.16. The fourth-order valence-electron chi connectivity index (χ4n) is 2.55. The molecule has 9 heteroatoms. The van der Waals surface area contributed by atoms with Crippen LogP contribution in [0, 0.1) is 0 Å². The first kappa shape index (κ1) is 20.7. The second-order valence-electron chi connectivity index (χ2n) is 6.00. The molecule has 0 aliphatic heterocycles. The van der Waals surface area contributed by atoms with E-state index in [1.54, 1.807) is 30.3 Å². The smallest absolute Gasteiger partial charge is 0.258 e. The van der Waals surface area contributed by atoms with Crippen molar-refractivity contribution in [2.75, 3.05) is 10.0 Å². The Balaban J connectivity index is 1.88. The second-order valence-corrected chi connectivity index (χ2v) is 9.10. The third kappa shape index (κ3) is 5.08. The first-order chi connectivity index (χ1) is 13.2. The lowest BCUT2D eigenvalue weighted by atomic mass is 10.1. The number of hydrogen-bond acceptors (Lipinski definition) is 3. The summed E-state index contributed by atoms with van der Waals surface area (Å²) in [5.74, 6) is -0.511. The van der Waals surface area contributed by atoms with Gasteiger partial charge in [-0.15, -0.1) is 0 Å². The van der Waals surface area contributed by atoms with Crippen molar-refractivity contribution in [1.29, 1.82) is 0 Å². The van der Waals surface area contributed by atoms with Gasteiger partial charge in [-0.2, -0.15) is 0 Å². The standard InChI is InChI=1S/C19H15Cl3N2O3S/c20-12-1-6-15(7-2-12)23-19(25)17-11-14(22)5-10-18(17)24-28(26,27)16-8-3-13(21)4-9-16/h1-3,5-8,10-11,24H,4,9H2,(H,23,25). The van der Waals surface area contributed by atoms with E-state index in [-0.39, 0.29) is 22.6 Å². The van der Waals surface area contributed by atoms with E-state index in [0.29, 0.717) is 27.2 Å². The molecule has 1 aliphatic rings. The maximum Gasteiger partial charge on any atom is 0.258 e. The van der Waals surface area contributed by atoms with E-state index < -0.39 is 15.9 Å². The van der Waals surface area contributed by atoms with E-state index in [1.807, 2.05) is 0 Å². The Bertz CT molecular complexity index is 1080. The van der Waals surface area contributed by atoms with Crippen LogP contribution in [0.3, 0.4) is 0 Å². The number of benzene rings is 2. The average Bonchev–Trinajstić information content (AvgIpc) is 2.65. The minimum absolute atomic E-state index is 0.0935. The molecule has 28 heavy (non-hydrogen) atoms. The number of anilines is 2. The number of amides is 1. The highest BCUT2D eigenvalue weighted by molar-refractivity contribution is 7.96. The van der Waals surface area contributed by atoms with Crippen molar-refractivity contribution in [2.24, 2.45) is 0 Å². The lowest BCUT2D eigenvalue weighted by molar-refractivity contribution is 0.102. The summed E-state index contributed by atoms with van der Waals surface area (Å²) in [6, 6.07) is 10.9. The van der Waals surface area contributed by atoms with Crippen LogP contribution < -0.4 is 10.0 Å². The summed E-state index contributed by atoms with van der Waals surface area (Å²) in [6.45, 7) is 0. The van der Waals surface area contributed by atoms with Gasteiger partial charge in [-0.1, -0.05) is 34.8 Å². The van der Waals surface area contributed by atoms with Gasteiger partial charge in [-0.3, -0.25) is 9.52 Å². The van der Waals surface area contributed by atoms with Crippen LogP contribution in [-0.4, -0.2) is 14.3 Å². The molecule has 0 radical (unpaired) electrons. The second kappa shape index (κ2) is 8.57. The fourth-order valence-corrected chi connectivity index (χ4v) is 4.22. The molecule has 0 heterocycles. The zero-order valence-electron chi connectivity index (χ0n) is 14.4. The Morgan fingerprint density at radius 2 is 1.57 bits per heavy atom. The summed E-state index contributed by atoms with van der Waals surface area (Å²) in [7, 11) is -3.84. The van der Waals surface area contributed by atoms with E-state index in [9.17, 15) is 13.2 Å². The molecule has 1 amide bonds. The summed E-state index contributed by atoms with van der Waals surface area (Å²) in [5, 5.41) is 4.12. The number of nitrogens with one attached hydrogen (secondary N) is 2. The quantitative estimate of drug-likeness (QED) is 0.597. The maximum absolute atomic E-state index is 12.7. The highest BCUT2D eigenvalue weighted by Crippen LogP contribution is 2.28. The third-order valence-corrected chi connectivity index (χ3v) is 6.30. The number of sulfonamides is 1. The molecule has 0 saturated carbocycles. The van der Waals surface area contributed by atoms with Crippen molar-refractivity contribution in [3.63, 3.8) is 0 Å². The predicted molar refractivity (Wildman–Crippen MR) is 115 cm³/mol. The summed E-state index contributed by atoms with van der Waals surface area (Å²) in [6.07, 6.45) is 3.73. The van der Waals surface area contributed by atoms with Gasteiger partial charge in [-0.25, -0.2) is 8.42 Å². The largest absolute Gasteiger partial charge is 0.322 e. The number of halogens is 3. The van der Waals surface area contributed by atoms with E-state index in [2.05, 4.69) is 10.0 Å². The molecule has 5 nitrogen and oxygen atoms in total. The highest BCUT2D eigenvalue weighted by Gasteiger charge is 2.22. The summed E-state index contributed by atoms with van der Waals surface area (Å²) < 4.78 is 27.8. The topological polar surface area (TPSA) is 75.3 Å². The van der Waals surface area contributed by atoms with Crippen molar-refractivity contribution in [2.45, 2.75) is 12.8 Å². The van der Waals surface area contributed by atoms with Crippen molar-refractivity contribution in [1.82, 2.24) is 0 Å². The van der Waals surface area contributed by atoms with E-state index in [1.165, 1.54) is 24.3 Å². The molecule has 0 unspecified atom stereocenters. The summed E-state index contributed by atoms with van der Waals surface area (Å²) >= 11 is 17.7. The van der Waals surface area contributed by atoms with Crippen molar-refractivity contribution >= 4 is 62.1 Å². The first-order valence-corrected chi connectivity index (χ1v) is 10.8. The Morgan fingerprint density at radius 1 is 0.893 bits per heavy atom. The number of carbonyl (C=O) groups is 1.